The molecule has 11 heavy (non-hydrogen) atoms. The van der Waals surface area contributed by atoms with E-state index in [1.807, 2.05) is 25.2 Å². The molecule has 3 heteroatoms. The molecule has 0 atom stereocenters. The summed E-state index contributed by atoms with van der Waals surface area (Å²) < 4.78 is 5.24. The molecule has 0 radical (unpaired) electrons. The molecule has 0 unspecified atom stereocenters. The van der Waals surface area contributed by atoms with Crippen molar-refractivity contribution >= 4 is 11.6 Å². The zero-order valence-electron chi connectivity index (χ0n) is 6.30. The Bertz CT molecular complexity index is 227. The minimum absolute atomic E-state index is 0.500. The molecule has 2 nitrogen and oxygen atoms in total. The van der Waals surface area contributed by atoms with E-state index in [2.05, 4.69) is 5.32 Å². The fourth-order valence-electron chi connectivity index (χ4n) is 0.712. The summed E-state index contributed by atoms with van der Waals surface area (Å²) in [6, 6.07) is 7.31. The standard InChI is InChI=1S/C8H10ClNO/c1-10-6-11-8-4-2-3-7(9)5-8/h2-5,10H,6H2,1H3. The molecule has 0 saturated heterocycles. The highest BCUT2D eigenvalue weighted by Crippen LogP contribution is 2.16. The van der Waals surface area contributed by atoms with Gasteiger partial charge in [-0.25, -0.2) is 0 Å². The van der Waals surface area contributed by atoms with Crippen molar-refractivity contribution in [1.82, 2.24) is 5.32 Å². The second-order valence-electron chi connectivity index (χ2n) is 2.10. The van der Waals surface area contributed by atoms with Gasteiger partial charge in [0.15, 0.2) is 0 Å². The van der Waals surface area contributed by atoms with E-state index in [1.54, 1.807) is 6.07 Å². The van der Waals surface area contributed by atoms with Gasteiger partial charge >= 0.3 is 0 Å². The molecule has 0 aliphatic rings. The third-order valence-corrected chi connectivity index (χ3v) is 1.41. The summed E-state index contributed by atoms with van der Waals surface area (Å²) in [4.78, 5) is 0. The number of hydrogen-bond acceptors (Lipinski definition) is 2. The van der Waals surface area contributed by atoms with Gasteiger partial charge in [-0.1, -0.05) is 17.7 Å². The first kappa shape index (κ1) is 8.37. The van der Waals surface area contributed by atoms with Crippen LogP contribution in [0, 0.1) is 0 Å². The molecule has 1 rings (SSSR count). The van der Waals surface area contributed by atoms with Crippen molar-refractivity contribution in [1.29, 1.82) is 0 Å². The number of halogens is 1. The van der Waals surface area contributed by atoms with Gasteiger partial charge in [0.1, 0.15) is 12.5 Å². The molecule has 0 aromatic heterocycles. The molecule has 0 saturated carbocycles. The van der Waals surface area contributed by atoms with Crippen LogP contribution >= 0.6 is 11.6 Å². The Morgan fingerprint density at radius 1 is 1.55 bits per heavy atom. The molecule has 0 spiro atoms. The minimum atomic E-state index is 0.500. The topological polar surface area (TPSA) is 21.3 Å². The van der Waals surface area contributed by atoms with E-state index in [9.17, 15) is 0 Å². The molecule has 60 valence electrons. The number of rotatable bonds is 3. The van der Waals surface area contributed by atoms with Gasteiger partial charge in [0, 0.05) is 5.02 Å². The second kappa shape index (κ2) is 4.21. The van der Waals surface area contributed by atoms with Crippen LogP contribution in [0.5, 0.6) is 5.75 Å². The maximum atomic E-state index is 5.72. The molecule has 0 bridgehead atoms. The highest BCUT2D eigenvalue weighted by molar-refractivity contribution is 6.30. The first-order chi connectivity index (χ1) is 5.33. The summed E-state index contributed by atoms with van der Waals surface area (Å²) >= 11 is 5.72. The Hall–Kier alpha value is -0.730. The predicted molar refractivity (Wildman–Crippen MR) is 46.0 cm³/mol. The van der Waals surface area contributed by atoms with Gasteiger partial charge in [0.25, 0.3) is 0 Å². The smallest absolute Gasteiger partial charge is 0.139 e. The Morgan fingerprint density at radius 2 is 2.36 bits per heavy atom. The average Bonchev–Trinajstić information content (AvgIpc) is 2.01. The summed E-state index contributed by atoms with van der Waals surface area (Å²) in [5.41, 5.74) is 0. The highest BCUT2D eigenvalue weighted by Gasteiger charge is 1.91. The minimum Gasteiger partial charge on any atom is -0.478 e. The van der Waals surface area contributed by atoms with Crippen LogP contribution in [0.1, 0.15) is 0 Å². The van der Waals surface area contributed by atoms with Gasteiger partial charge < -0.3 is 4.74 Å². The van der Waals surface area contributed by atoms with Crippen LogP contribution in [0.25, 0.3) is 0 Å². The molecule has 0 fully saturated rings. The molecular formula is C8H10ClNO. The SMILES string of the molecule is CNCOc1cccc(Cl)c1. The van der Waals surface area contributed by atoms with Crippen molar-refractivity contribution < 1.29 is 4.74 Å². The van der Waals surface area contributed by atoms with Crippen molar-refractivity contribution in [2.24, 2.45) is 0 Å². The number of ether oxygens (including phenoxy) is 1. The van der Waals surface area contributed by atoms with E-state index < -0.39 is 0 Å². The molecule has 1 aromatic rings. The maximum Gasteiger partial charge on any atom is 0.139 e. The Labute approximate surface area is 71.1 Å². The van der Waals surface area contributed by atoms with Gasteiger partial charge in [0.05, 0.1) is 0 Å². The summed E-state index contributed by atoms with van der Waals surface area (Å²) in [6.07, 6.45) is 0. The van der Waals surface area contributed by atoms with Crippen LogP contribution in [0.2, 0.25) is 5.02 Å². The quantitative estimate of drug-likeness (QED) is 0.702. The normalized spacial score (nSPS) is 9.64. The molecule has 1 N–H and O–H groups in total. The second-order valence-corrected chi connectivity index (χ2v) is 2.54. The largest absolute Gasteiger partial charge is 0.478 e. The molecule has 1 aromatic carbocycles. The van der Waals surface area contributed by atoms with Crippen molar-refractivity contribution in [3.05, 3.63) is 29.3 Å². The third kappa shape index (κ3) is 2.78. The van der Waals surface area contributed by atoms with Crippen LogP contribution in [0.3, 0.4) is 0 Å². The van der Waals surface area contributed by atoms with Gasteiger partial charge in [-0.15, -0.1) is 0 Å². The zero-order chi connectivity index (χ0) is 8.10. The average molecular weight is 172 g/mol. The van der Waals surface area contributed by atoms with Crippen LogP contribution in [-0.4, -0.2) is 13.8 Å². The van der Waals surface area contributed by atoms with Crippen LogP contribution < -0.4 is 10.1 Å². The van der Waals surface area contributed by atoms with Gasteiger partial charge in [-0.05, 0) is 25.2 Å². The fraction of sp³-hybridized carbons (Fsp3) is 0.250. The Kier molecular flexibility index (Phi) is 3.20. The number of benzene rings is 1. The molecule has 0 amide bonds. The Morgan fingerprint density at radius 3 is 3.00 bits per heavy atom. The summed E-state index contributed by atoms with van der Waals surface area (Å²) in [5.74, 6) is 0.784. The summed E-state index contributed by atoms with van der Waals surface area (Å²) in [5, 5.41) is 3.56. The van der Waals surface area contributed by atoms with Crippen LogP contribution in [0.4, 0.5) is 0 Å². The van der Waals surface area contributed by atoms with Crippen molar-refractivity contribution in [2.75, 3.05) is 13.8 Å². The third-order valence-electron chi connectivity index (χ3n) is 1.18. The lowest BCUT2D eigenvalue weighted by Gasteiger charge is -2.03. The first-order valence-corrected chi connectivity index (χ1v) is 3.73. The maximum absolute atomic E-state index is 5.72. The van der Waals surface area contributed by atoms with E-state index in [-0.39, 0.29) is 0 Å². The first-order valence-electron chi connectivity index (χ1n) is 3.36. The number of hydrogen-bond donors (Lipinski definition) is 1. The lowest BCUT2D eigenvalue weighted by atomic mass is 10.3. The lowest BCUT2D eigenvalue weighted by molar-refractivity contribution is 0.296. The van der Waals surface area contributed by atoms with Crippen LogP contribution in [-0.2, 0) is 0 Å². The molecule has 0 heterocycles. The van der Waals surface area contributed by atoms with Gasteiger partial charge in [-0.3, -0.25) is 5.32 Å². The zero-order valence-corrected chi connectivity index (χ0v) is 7.06. The van der Waals surface area contributed by atoms with Gasteiger partial charge in [-0.2, -0.15) is 0 Å². The van der Waals surface area contributed by atoms with Crippen molar-refractivity contribution in [3.8, 4) is 5.75 Å². The van der Waals surface area contributed by atoms with E-state index >= 15 is 0 Å². The van der Waals surface area contributed by atoms with E-state index in [4.69, 9.17) is 16.3 Å². The van der Waals surface area contributed by atoms with Crippen molar-refractivity contribution in [2.45, 2.75) is 0 Å². The monoisotopic (exact) mass is 171 g/mol. The Balaban J connectivity index is 2.56. The van der Waals surface area contributed by atoms with Gasteiger partial charge in [0.2, 0.25) is 0 Å². The fourth-order valence-corrected chi connectivity index (χ4v) is 0.893. The molecule has 0 aliphatic heterocycles. The summed E-state index contributed by atoms with van der Waals surface area (Å²) in [6.45, 7) is 0.500. The predicted octanol–water partition coefficient (Wildman–Crippen LogP) is 1.90. The lowest BCUT2D eigenvalue weighted by Crippen LogP contribution is -2.13. The number of nitrogens with one attached hydrogen (secondary N) is 1. The van der Waals surface area contributed by atoms with E-state index in [0.717, 1.165) is 5.75 Å². The molecule has 0 aliphatic carbocycles. The van der Waals surface area contributed by atoms with E-state index in [0.29, 0.717) is 11.8 Å². The van der Waals surface area contributed by atoms with Crippen LogP contribution in [0.15, 0.2) is 24.3 Å². The summed E-state index contributed by atoms with van der Waals surface area (Å²) in [7, 11) is 1.82. The van der Waals surface area contributed by atoms with E-state index in [1.165, 1.54) is 0 Å². The highest BCUT2D eigenvalue weighted by atomic mass is 35.5. The van der Waals surface area contributed by atoms with Crippen molar-refractivity contribution in [3.63, 3.8) is 0 Å². The molecular weight excluding hydrogens is 162 g/mol.